The first kappa shape index (κ1) is 14.9. The molecule has 0 fully saturated rings. The fourth-order valence-electron chi connectivity index (χ4n) is 1.56. The van der Waals surface area contributed by atoms with Gasteiger partial charge < -0.3 is 10.1 Å². The molecule has 1 heterocycles. The van der Waals surface area contributed by atoms with Crippen LogP contribution in [0.3, 0.4) is 0 Å². The number of nitrogens with two attached hydrogens (primary N) is 1. The molecule has 1 aromatic heterocycles. The number of guanidine groups is 1. The maximum absolute atomic E-state index is 5.47. The molecule has 0 saturated carbocycles. The molecule has 6 heteroatoms. The molecular formula is C12H22N4OS. The van der Waals surface area contributed by atoms with Gasteiger partial charge >= 0.3 is 0 Å². The van der Waals surface area contributed by atoms with E-state index in [1.54, 1.807) is 18.4 Å². The zero-order valence-electron chi connectivity index (χ0n) is 11.0. The minimum Gasteiger partial charge on any atom is -0.385 e. The summed E-state index contributed by atoms with van der Waals surface area (Å²) >= 11 is 1.73. The first-order valence-electron chi connectivity index (χ1n) is 6.11. The van der Waals surface area contributed by atoms with Crippen LogP contribution in [-0.2, 0) is 4.74 Å². The molecule has 0 aromatic carbocycles. The smallest absolute Gasteiger partial charge is 0.206 e. The summed E-state index contributed by atoms with van der Waals surface area (Å²) in [6.07, 6.45) is 1.87. The van der Waals surface area contributed by atoms with Crippen LogP contribution in [0.5, 0.6) is 0 Å². The van der Waals surface area contributed by atoms with E-state index in [-0.39, 0.29) is 6.04 Å². The molecule has 1 aromatic rings. The minimum absolute atomic E-state index is 0.252. The Bertz CT molecular complexity index is 340. The lowest BCUT2D eigenvalue weighted by molar-refractivity contribution is 0.197. The van der Waals surface area contributed by atoms with E-state index in [1.807, 2.05) is 0 Å². The van der Waals surface area contributed by atoms with Crippen LogP contribution < -0.4 is 16.6 Å². The maximum Gasteiger partial charge on any atom is 0.206 e. The quantitative estimate of drug-likeness (QED) is 0.232. The van der Waals surface area contributed by atoms with Crippen molar-refractivity contribution in [2.45, 2.75) is 25.8 Å². The predicted molar refractivity (Wildman–Crippen MR) is 76.6 cm³/mol. The molecule has 0 bridgehead atoms. The molecule has 5 nitrogen and oxygen atoms in total. The van der Waals surface area contributed by atoms with E-state index in [0.717, 1.165) is 12.8 Å². The Hall–Kier alpha value is -1.11. The van der Waals surface area contributed by atoms with E-state index in [4.69, 9.17) is 10.6 Å². The Morgan fingerprint density at radius 1 is 1.61 bits per heavy atom. The van der Waals surface area contributed by atoms with Gasteiger partial charge in [0.25, 0.3) is 0 Å². The number of methoxy groups -OCH3 is 1. The SMILES string of the molecule is CCC(NC(=NCCCOC)NN)c1cccs1. The molecule has 0 aliphatic heterocycles. The molecule has 0 aliphatic rings. The largest absolute Gasteiger partial charge is 0.385 e. The van der Waals surface area contributed by atoms with Crippen molar-refractivity contribution in [2.24, 2.45) is 10.8 Å². The van der Waals surface area contributed by atoms with Gasteiger partial charge in [-0.15, -0.1) is 11.3 Å². The van der Waals surface area contributed by atoms with Crippen molar-refractivity contribution in [2.75, 3.05) is 20.3 Å². The highest BCUT2D eigenvalue weighted by Gasteiger charge is 2.11. The molecule has 4 N–H and O–H groups in total. The third-order valence-electron chi connectivity index (χ3n) is 2.52. The highest BCUT2D eigenvalue weighted by atomic mass is 32.1. The Balaban J connectivity index is 2.50. The van der Waals surface area contributed by atoms with Crippen LogP contribution >= 0.6 is 11.3 Å². The van der Waals surface area contributed by atoms with Crippen molar-refractivity contribution in [3.63, 3.8) is 0 Å². The fourth-order valence-corrected chi connectivity index (χ4v) is 2.42. The molecule has 1 rings (SSSR count). The number of hydrazine groups is 1. The van der Waals surface area contributed by atoms with Gasteiger partial charge in [0.15, 0.2) is 0 Å². The normalized spacial score (nSPS) is 13.4. The van der Waals surface area contributed by atoms with E-state index in [2.05, 4.69) is 40.2 Å². The van der Waals surface area contributed by atoms with Gasteiger partial charge in [0.2, 0.25) is 5.96 Å². The van der Waals surface area contributed by atoms with Gasteiger partial charge in [0.05, 0.1) is 6.04 Å². The average Bonchev–Trinajstić information content (AvgIpc) is 2.92. The average molecular weight is 270 g/mol. The summed E-state index contributed by atoms with van der Waals surface area (Å²) in [7, 11) is 1.69. The molecule has 0 saturated heterocycles. The second-order valence-corrected chi connectivity index (χ2v) is 4.82. The molecule has 0 aliphatic carbocycles. The van der Waals surface area contributed by atoms with Crippen LogP contribution in [-0.4, -0.2) is 26.2 Å². The number of thiophene rings is 1. The van der Waals surface area contributed by atoms with E-state index >= 15 is 0 Å². The first-order chi connectivity index (χ1) is 8.81. The van der Waals surface area contributed by atoms with Crippen LogP contribution in [0.1, 0.15) is 30.7 Å². The standard InChI is InChI=1S/C12H22N4OS/c1-3-10(11-6-4-9-18-11)15-12(16-13)14-7-5-8-17-2/h4,6,9-10H,3,5,7-8,13H2,1-2H3,(H2,14,15,16). The number of aliphatic imine (C=N–C) groups is 1. The summed E-state index contributed by atoms with van der Waals surface area (Å²) in [6, 6.07) is 4.42. The summed E-state index contributed by atoms with van der Waals surface area (Å²) in [5.74, 6) is 6.10. The molecule has 0 spiro atoms. The lowest BCUT2D eigenvalue weighted by Gasteiger charge is -2.18. The van der Waals surface area contributed by atoms with Crippen molar-refractivity contribution >= 4 is 17.3 Å². The summed E-state index contributed by atoms with van der Waals surface area (Å²) in [5.41, 5.74) is 2.61. The van der Waals surface area contributed by atoms with Gasteiger partial charge in [-0.3, -0.25) is 10.4 Å². The number of hydrogen-bond acceptors (Lipinski definition) is 4. The summed E-state index contributed by atoms with van der Waals surface area (Å²) in [6.45, 7) is 3.54. The molecular weight excluding hydrogens is 248 g/mol. The highest BCUT2D eigenvalue weighted by Crippen LogP contribution is 2.21. The summed E-state index contributed by atoms with van der Waals surface area (Å²) in [4.78, 5) is 5.66. The zero-order chi connectivity index (χ0) is 13.2. The predicted octanol–water partition coefficient (Wildman–Crippen LogP) is 1.64. The van der Waals surface area contributed by atoms with Gasteiger partial charge in [-0.2, -0.15) is 0 Å². The van der Waals surface area contributed by atoms with Crippen molar-refractivity contribution in [3.8, 4) is 0 Å². The Morgan fingerprint density at radius 3 is 3.00 bits per heavy atom. The fraction of sp³-hybridized carbons (Fsp3) is 0.583. The third-order valence-corrected chi connectivity index (χ3v) is 3.51. The van der Waals surface area contributed by atoms with Crippen molar-refractivity contribution in [1.29, 1.82) is 0 Å². The lowest BCUT2D eigenvalue weighted by Crippen LogP contribution is -2.43. The number of hydrogen-bond donors (Lipinski definition) is 3. The van der Waals surface area contributed by atoms with Crippen molar-refractivity contribution < 1.29 is 4.74 Å². The summed E-state index contributed by atoms with van der Waals surface area (Å²) < 4.78 is 4.98. The second kappa shape index (κ2) is 8.91. The van der Waals surface area contributed by atoms with E-state index in [9.17, 15) is 0 Å². The zero-order valence-corrected chi connectivity index (χ0v) is 11.8. The van der Waals surface area contributed by atoms with E-state index < -0.39 is 0 Å². The van der Waals surface area contributed by atoms with E-state index in [1.165, 1.54) is 4.88 Å². The summed E-state index contributed by atoms with van der Waals surface area (Å²) in [5, 5.41) is 5.39. The van der Waals surface area contributed by atoms with Gasteiger partial charge in [0.1, 0.15) is 0 Å². The van der Waals surface area contributed by atoms with Crippen LogP contribution in [0.4, 0.5) is 0 Å². The lowest BCUT2D eigenvalue weighted by atomic mass is 10.2. The Kier molecular flexibility index (Phi) is 7.40. The number of nitrogens with one attached hydrogen (secondary N) is 2. The number of rotatable bonds is 7. The molecule has 0 amide bonds. The second-order valence-electron chi connectivity index (χ2n) is 3.84. The third kappa shape index (κ3) is 5.03. The molecule has 0 radical (unpaired) electrons. The number of ether oxygens (including phenoxy) is 1. The van der Waals surface area contributed by atoms with Gasteiger partial charge in [-0.1, -0.05) is 13.0 Å². The van der Waals surface area contributed by atoms with Crippen LogP contribution in [0.15, 0.2) is 22.5 Å². The minimum atomic E-state index is 0.252. The van der Waals surface area contributed by atoms with Crippen LogP contribution in [0, 0.1) is 0 Å². The first-order valence-corrected chi connectivity index (χ1v) is 6.99. The Morgan fingerprint density at radius 2 is 2.44 bits per heavy atom. The van der Waals surface area contributed by atoms with Gasteiger partial charge in [-0.25, -0.2) is 5.84 Å². The van der Waals surface area contributed by atoms with Crippen LogP contribution in [0.25, 0.3) is 0 Å². The van der Waals surface area contributed by atoms with Gasteiger partial charge in [-0.05, 0) is 24.3 Å². The molecule has 102 valence electrons. The van der Waals surface area contributed by atoms with Crippen LogP contribution in [0.2, 0.25) is 0 Å². The molecule has 1 atom stereocenters. The Labute approximate surface area is 112 Å². The molecule has 18 heavy (non-hydrogen) atoms. The molecule has 1 unspecified atom stereocenters. The van der Waals surface area contributed by atoms with Gasteiger partial charge in [0, 0.05) is 25.1 Å². The topological polar surface area (TPSA) is 71.7 Å². The van der Waals surface area contributed by atoms with Crippen molar-refractivity contribution in [1.82, 2.24) is 10.7 Å². The maximum atomic E-state index is 5.47. The highest BCUT2D eigenvalue weighted by molar-refractivity contribution is 7.10. The van der Waals surface area contributed by atoms with E-state index in [0.29, 0.717) is 19.1 Å². The number of nitrogens with zero attached hydrogens (tertiary/aromatic N) is 1. The monoisotopic (exact) mass is 270 g/mol. The van der Waals surface area contributed by atoms with Crippen molar-refractivity contribution in [3.05, 3.63) is 22.4 Å².